The van der Waals surface area contributed by atoms with E-state index >= 15 is 0 Å². The number of rotatable bonds is 1. The SMILES string of the molecule is O=[N+]([O-])c1c(Cl)ccc(I)c1O. The first-order chi connectivity index (χ1) is 5.54. The zero-order chi connectivity index (χ0) is 9.30. The molecule has 0 unspecified atom stereocenters. The van der Waals surface area contributed by atoms with Gasteiger partial charge in [0.15, 0.2) is 0 Å². The van der Waals surface area contributed by atoms with E-state index in [1.54, 1.807) is 22.6 Å². The maximum Gasteiger partial charge on any atom is 0.330 e. The van der Waals surface area contributed by atoms with Crippen molar-refractivity contribution in [2.24, 2.45) is 0 Å². The van der Waals surface area contributed by atoms with Crippen molar-refractivity contribution in [2.75, 3.05) is 0 Å². The van der Waals surface area contributed by atoms with Crippen LogP contribution in [0, 0.1) is 13.7 Å². The van der Waals surface area contributed by atoms with Crippen LogP contribution in [0.25, 0.3) is 0 Å². The van der Waals surface area contributed by atoms with Crippen LogP contribution in [0.15, 0.2) is 12.1 Å². The molecule has 1 aromatic rings. The van der Waals surface area contributed by atoms with Gasteiger partial charge >= 0.3 is 5.69 Å². The third-order valence-corrected chi connectivity index (χ3v) is 2.41. The van der Waals surface area contributed by atoms with E-state index in [1.807, 2.05) is 0 Å². The zero-order valence-electron chi connectivity index (χ0n) is 5.62. The van der Waals surface area contributed by atoms with Gasteiger partial charge in [-0.05, 0) is 34.7 Å². The summed E-state index contributed by atoms with van der Waals surface area (Å²) in [7, 11) is 0. The number of hydrogen-bond donors (Lipinski definition) is 1. The van der Waals surface area contributed by atoms with Crippen molar-refractivity contribution in [2.45, 2.75) is 0 Å². The smallest absolute Gasteiger partial charge is 0.330 e. The van der Waals surface area contributed by atoms with Crippen LogP contribution in [-0.2, 0) is 0 Å². The van der Waals surface area contributed by atoms with Crippen LogP contribution in [0.2, 0.25) is 5.02 Å². The number of halogens is 2. The number of benzene rings is 1. The molecule has 0 radical (unpaired) electrons. The van der Waals surface area contributed by atoms with Crippen LogP contribution in [0.4, 0.5) is 5.69 Å². The molecule has 1 rings (SSSR count). The maximum atomic E-state index is 10.4. The minimum atomic E-state index is -0.709. The zero-order valence-corrected chi connectivity index (χ0v) is 8.53. The van der Waals surface area contributed by atoms with Crippen LogP contribution in [0.5, 0.6) is 5.75 Å². The molecule has 6 heteroatoms. The van der Waals surface area contributed by atoms with Gasteiger partial charge in [0.1, 0.15) is 5.02 Å². The molecule has 0 saturated carbocycles. The van der Waals surface area contributed by atoms with Crippen molar-refractivity contribution < 1.29 is 10.0 Å². The van der Waals surface area contributed by atoms with E-state index in [2.05, 4.69) is 0 Å². The van der Waals surface area contributed by atoms with E-state index in [-0.39, 0.29) is 10.8 Å². The first-order valence-corrected chi connectivity index (χ1v) is 4.31. The normalized spacial score (nSPS) is 9.83. The Morgan fingerprint density at radius 2 is 2.17 bits per heavy atom. The highest BCUT2D eigenvalue weighted by molar-refractivity contribution is 14.1. The Balaban J connectivity index is 3.43. The van der Waals surface area contributed by atoms with Gasteiger partial charge in [0, 0.05) is 0 Å². The molecule has 1 N–H and O–H groups in total. The number of nitro groups is 1. The molecule has 0 bridgehead atoms. The molecule has 1 aromatic carbocycles. The molecule has 4 nitrogen and oxygen atoms in total. The minimum absolute atomic E-state index is 0.0575. The van der Waals surface area contributed by atoms with Crippen LogP contribution < -0.4 is 0 Å². The lowest BCUT2D eigenvalue weighted by Crippen LogP contribution is -1.91. The van der Waals surface area contributed by atoms with Gasteiger partial charge < -0.3 is 5.11 Å². The van der Waals surface area contributed by atoms with Crippen molar-refractivity contribution in [3.05, 3.63) is 30.8 Å². The Labute approximate surface area is 86.4 Å². The number of phenols is 1. The molecule has 0 amide bonds. The van der Waals surface area contributed by atoms with Crippen molar-refractivity contribution in [3.8, 4) is 5.75 Å². The van der Waals surface area contributed by atoms with Crippen LogP contribution in [0.3, 0.4) is 0 Å². The van der Waals surface area contributed by atoms with Gasteiger partial charge in [-0.25, -0.2) is 0 Å². The van der Waals surface area contributed by atoms with E-state index < -0.39 is 10.6 Å². The monoisotopic (exact) mass is 299 g/mol. The standard InChI is InChI=1S/C6H3ClINO3/c7-3-1-2-4(8)6(10)5(3)9(11)12/h1-2,10H. The molecular weight excluding hydrogens is 296 g/mol. The summed E-state index contributed by atoms with van der Waals surface area (Å²) in [6, 6.07) is 2.88. The van der Waals surface area contributed by atoms with E-state index in [4.69, 9.17) is 11.6 Å². The first kappa shape index (κ1) is 9.53. The molecular formula is C6H3ClINO3. The van der Waals surface area contributed by atoms with Gasteiger partial charge in [-0.3, -0.25) is 10.1 Å². The van der Waals surface area contributed by atoms with E-state index in [9.17, 15) is 15.2 Å². The van der Waals surface area contributed by atoms with Gasteiger partial charge in [-0.1, -0.05) is 11.6 Å². The fourth-order valence-electron chi connectivity index (χ4n) is 0.704. The highest BCUT2D eigenvalue weighted by atomic mass is 127. The quantitative estimate of drug-likeness (QED) is 0.492. The number of aromatic hydroxyl groups is 1. The Morgan fingerprint density at radius 3 is 2.58 bits per heavy atom. The fraction of sp³-hybridized carbons (Fsp3) is 0. The summed E-state index contributed by atoms with van der Waals surface area (Å²) in [5, 5.41) is 19.5. The Bertz CT molecular complexity index is 342. The third-order valence-electron chi connectivity index (χ3n) is 1.24. The number of nitro benzene ring substituents is 1. The highest BCUT2D eigenvalue weighted by Crippen LogP contribution is 2.36. The highest BCUT2D eigenvalue weighted by Gasteiger charge is 2.20. The van der Waals surface area contributed by atoms with E-state index in [1.165, 1.54) is 12.1 Å². The molecule has 0 saturated heterocycles. The molecule has 0 atom stereocenters. The molecule has 0 heterocycles. The molecule has 0 aliphatic heterocycles. The summed E-state index contributed by atoms with van der Waals surface area (Å²) >= 11 is 7.28. The predicted molar refractivity (Wildman–Crippen MR) is 52.5 cm³/mol. The summed E-state index contributed by atoms with van der Waals surface area (Å²) in [5.41, 5.74) is -0.441. The number of nitrogens with zero attached hydrogens (tertiary/aromatic N) is 1. The summed E-state index contributed by atoms with van der Waals surface area (Å²) in [6.45, 7) is 0. The molecule has 0 fully saturated rings. The van der Waals surface area contributed by atoms with Gasteiger partial charge in [-0.2, -0.15) is 0 Å². The molecule has 0 aliphatic carbocycles. The Morgan fingerprint density at radius 1 is 1.58 bits per heavy atom. The van der Waals surface area contributed by atoms with Gasteiger partial charge in [0.2, 0.25) is 5.75 Å². The molecule has 0 aromatic heterocycles. The molecule has 12 heavy (non-hydrogen) atoms. The van der Waals surface area contributed by atoms with Crippen LogP contribution >= 0.6 is 34.2 Å². The summed E-state index contributed by atoms with van der Waals surface area (Å²) in [6.07, 6.45) is 0. The fourth-order valence-corrected chi connectivity index (χ4v) is 1.36. The predicted octanol–water partition coefficient (Wildman–Crippen LogP) is 2.56. The summed E-state index contributed by atoms with van der Waals surface area (Å²) in [5.74, 6) is -0.381. The second-order valence-corrected chi connectivity index (χ2v) is 3.55. The lowest BCUT2D eigenvalue weighted by molar-refractivity contribution is -0.385. The maximum absolute atomic E-state index is 10.4. The van der Waals surface area contributed by atoms with Crippen LogP contribution in [0.1, 0.15) is 0 Å². The molecule has 0 spiro atoms. The first-order valence-electron chi connectivity index (χ1n) is 2.85. The molecule has 64 valence electrons. The van der Waals surface area contributed by atoms with Crippen molar-refractivity contribution in [1.29, 1.82) is 0 Å². The Kier molecular flexibility index (Phi) is 2.73. The van der Waals surface area contributed by atoms with E-state index in [0.717, 1.165) is 0 Å². The van der Waals surface area contributed by atoms with Gasteiger partial charge in [0.05, 0.1) is 8.49 Å². The summed E-state index contributed by atoms with van der Waals surface area (Å²) in [4.78, 5) is 9.64. The lowest BCUT2D eigenvalue weighted by Gasteiger charge is -1.99. The third kappa shape index (κ3) is 1.61. The second-order valence-electron chi connectivity index (χ2n) is 1.98. The summed E-state index contributed by atoms with van der Waals surface area (Å²) < 4.78 is 0.406. The number of phenolic OH excluding ortho intramolecular Hbond substituents is 1. The van der Waals surface area contributed by atoms with Crippen LogP contribution in [-0.4, -0.2) is 10.0 Å². The lowest BCUT2D eigenvalue weighted by atomic mass is 10.3. The average molecular weight is 299 g/mol. The van der Waals surface area contributed by atoms with Gasteiger partial charge in [-0.15, -0.1) is 0 Å². The second kappa shape index (κ2) is 3.44. The molecule has 0 aliphatic rings. The minimum Gasteiger partial charge on any atom is -0.501 e. The van der Waals surface area contributed by atoms with E-state index in [0.29, 0.717) is 3.57 Å². The number of hydrogen-bond acceptors (Lipinski definition) is 3. The average Bonchev–Trinajstić information content (AvgIpc) is 1.97. The van der Waals surface area contributed by atoms with Crippen molar-refractivity contribution in [3.63, 3.8) is 0 Å². The van der Waals surface area contributed by atoms with Gasteiger partial charge in [0.25, 0.3) is 0 Å². The topological polar surface area (TPSA) is 63.4 Å². The Hall–Kier alpha value is -0.560. The largest absolute Gasteiger partial charge is 0.501 e. The van der Waals surface area contributed by atoms with Crippen molar-refractivity contribution in [1.82, 2.24) is 0 Å². The van der Waals surface area contributed by atoms with Crippen molar-refractivity contribution >= 4 is 39.9 Å².